The first-order valence-electron chi connectivity index (χ1n) is 9.05. The third-order valence-electron chi connectivity index (χ3n) is 4.10. The normalized spacial score (nSPS) is 12.6. The molecule has 28 heavy (non-hydrogen) atoms. The Bertz CT molecular complexity index is 1060. The number of fused-ring (bicyclic) bond motifs is 1. The number of nitrogens with zero attached hydrogens (tertiary/aromatic N) is 3. The summed E-state index contributed by atoms with van der Waals surface area (Å²) in [7, 11) is 1.56. The quantitative estimate of drug-likeness (QED) is 0.553. The van der Waals surface area contributed by atoms with Crippen LogP contribution in [0.3, 0.4) is 0 Å². The number of aromatic amines is 1. The molecule has 0 radical (unpaired) electrons. The monoisotopic (exact) mass is 404 g/mol. The Morgan fingerprint density at radius 1 is 1.25 bits per heavy atom. The average Bonchev–Trinajstić information content (AvgIpc) is 3.02. The van der Waals surface area contributed by atoms with Gasteiger partial charge in [-0.1, -0.05) is 43.8 Å². The molecule has 8 nitrogen and oxygen atoms in total. The van der Waals surface area contributed by atoms with E-state index in [1.54, 1.807) is 11.6 Å². The Balaban J connectivity index is 1.90. The number of nitrogens with one attached hydrogen (secondary N) is 1. The van der Waals surface area contributed by atoms with Gasteiger partial charge in [0.05, 0.1) is 6.54 Å². The van der Waals surface area contributed by atoms with Crippen LogP contribution in [0.25, 0.3) is 11.2 Å². The maximum Gasteiger partial charge on any atom is 0.329 e. The van der Waals surface area contributed by atoms with Gasteiger partial charge in [0.25, 0.3) is 5.56 Å². The largest absolute Gasteiger partial charge is 0.491 e. The van der Waals surface area contributed by atoms with E-state index in [1.165, 1.54) is 16.3 Å². The van der Waals surface area contributed by atoms with Crippen LogP contribution < -0.4 is 16.0 Å². The van der Waals surface area contributed by atoms with E-state index in [0.717, 1.165) is 5.75 Å². The molecule has 0 amide bonds. The number of rotatable bonds is 8. The number of aromatic nitrogens is 4. The molecule has 150 valence electrons. The highest BCUT2D eigenvalue weighted by Crippen LogP contribution is 2.24. The van der Waals surface area contributed by atoms with Crippen molar-refractivity contribution in [3.8, 4) is 5.75 Å². The molecule has 9 heteroatoms. The maximum atomic E-state index is 12.4. The first-order valence-corrected chi connectivity index (χ1v) is 10.0. The molecule has 1 atom stereocenters. The molecule has 1 aromatic carbocycles. The second-order valence-corrected chi connectivity index (χ2v) is 7.97. The minimum absolute atomic E-state index is 0.0711. The molecule has 0 bridgehead atoms. The Hall–Kier alpha value is -2.52. The SMILES string of the molecule is CC(C)CSc1nc2c(c(=O)[nH]c(=O)n2C)n1CC(O)COc1ccccc1. The Kier molecular flexibility index (Phi) is 6.25. The molecule has 0 aliphatic carbocycles. The van der Waals surface area contributed by atoms with Crippen LogP contribution in [0.5, 0.6) is 5.75 Å². The van der Waals surface area contributed by atoms with Gasteiger partial charge in [0.2, 0.25) is 0 Å². The fourth-order valence-electron chi connectivity index (χ4n) is 2.71. The van der Waals surface area contributed by atoms with Gasteiger partial charge in [0, 0.05) is 12.8 Å². The van der Waals surface area contributed by atoms with Crippen LogP contribution in [0.4, 0.5) is 0 Å². The van der Waals surface area contributed by atoms with Crippen molar-refractivity contribution in [2.45, 2.75) is 31.7 Å². The molecule has 0 saturated carbocycles. The molecule has 0 aliphatic heterocycles. The summed E-state index contributed by atoms with van der Waals surface area (Å²) in [4.78, 5) is 31.1. The van der Waals surface area contributed by atoms with Gasteiger partial charge < -0.3 is 14.4 Å². The lowest BCUT2D eigenvalue weighted by Gasteiger charge is -2.15. The highest BCUT2D eigenvalue weighted by atomic mass is 32.2. The van der Waals surface area contributed by atoms with Gasteiger partial charge in [-0.05, 0) is 18.1 Å². The number of ether oxygens (including phenoxy) is 1. The second kappa shape index (κ2) is 8.66. The number of imidazole rings is 1. The Morgan fingerprint density at radius 3 is 2.64 bits per heavy atom. The van der Waals surface area contributed by atoms with E-state index < -0.39 is 17.4 Å². The number of hydrogen-bond acceptors (Lipinski definition) is 6. The van der Waals surface area contributed by atoms with E-state index in [1.807, 2.05) is 30.3 Å². The lowest BCUT2D eigenvalue weighted by Crippen LogP contribution is -2.30. The second-order valence-electron chi connectivity index (χ2n) is 6.98. The number of hydrogen-bond donors (Lipinski definition) is 2. The van der Waals surface area contributed by atoms with E-state index in [9.17, 15) is 14.7 Å². The van der Waals surface area contributed by atoms with E-state index in [-0.39, 0.29) is 18.7 Å². The third-order valence-corrected chi connectivity index (χ3v) is 5.50. The van der Waals surface area contributed by atoms with Crippen LogP contribution in [0, 0.1) is 5.92 Å². The van der Waals surface area contributed by atoms with Crippen molar-refractivity contribution >= 4 is 22.9 Å². The molecular weight excluding hydrogens is 380 g/mol. The molecule has 0 spiro atoms. The molecule has 3 rings (SSSR count). The number of H-pyrrole nitrogens is 1. The number of para-hydroxylation sites is 1. The standard InChI is InChI=1S/C19H24N4O4S/c1-12(2)11-28-19-20-16-15(17(25)21-18(26)22(16)3)23(19)9-13(24)10-27-14-7-5-4-6-8-14/h4-8,12-13,24H,9-11H2,1-3H3,(H,21,25,26). The summed E-state index contributed by atoms with van der Waals surface area (Å²) in [6.07, 6.45) is -0.854. The zero-order valence-corrected chi connectivity index (χ0v) is 16.9. The molecule has 3 aromatic rings. The van der Waals surface area contributed by atoms with E-state index in [4.69, 9.17) is 4.74 Å². The van der Waals surface area contributed by atoms with Gasteiger partial charge in [-0.25, -0.2) is 9.78 Å². The summed E-state index contributed by atoms with van der Waals surface area (Å²) >= 11 is 1.49. The van der Waals surface area contributed by atoms with Gasteiger partial charge in [0.15, 0.2) is 16.3 Å². The summed E-state index contributed by atoms with van der Waals surface area (Å²) in [5.41, 5.74) is -0.461. The first-order chi connectivity index (χ1) is 13.4. The summed E-state index contributed by atoms with van der Waals surface area (Å²) in [6.45, 7) is 4.38. The van der Waals surface area contributed by atoms with Crippen molar-refractivity contribution in [2.24, 2.45) is 13.0 Å². The summed E-state index contributed by atoms with van der Waals surface area (Å²) in [5.74, 6) is 1.88. The number of aryl methyl sites for hydroxylation is 1. The van der Waals surface area contributed by atoms with Crippen LogP contribution in [0.15, 0.2) is 45.1 Å². The number of benzene rings is 1. The molecule has 2 aromatic heterocycles. The molecule has 1 unspecified atom stereocenters. The zero-order chi connectivity index (χ0) is 20.3. The lowest BCUT2D eigenvalue weighted by atomic mass is 10.3. The minimum Gasteiger partial charge on any atom is -0.491 e. The Morgan fingerprint density at radius 2 is 1.96 bits per heavy atom. The van der Waals surface area contributed by atoms with Gasteiger partial charge in [-0.15, -0.1) is 0 Å². The third kappa shape index (κ3) is 4.48. The summed E-state index contributed by atoms with van der Waals surface area (Å²) in [5, 5.41) is 11.1. The predicted molar refractivity (Wildman–Crippen MR) is 109 cm³/mol. The van der Waals surface area contributed by atoms with E-state index in [0.29, 0.717) is 22.5 Å². The van der Waals surface area contributed by atoms with Crippen LogP contribution >= 0.6 is 11.8 Å². The molecule has 2 heterocycles. The van der Waals surface area contributed by atoms with Crippen molar-refractivity contribution in [1.82, 2.24) is 19.1 Å². The van der Waals surface area contributed by atoms with Crippen LogP contribution in [0.2, 0.25) is 0 Å². The summed E-state index contributed by atoms with van der Waals surface area (Å²) in [6, 6.07) is 9.21. The fraction of sp³-hybridized carbons (Fsp3) is 0.421. The molecule has 0 aliphatic rings. The van der Waals surface area contributed by atoms with Crippen molar-refractivity contribution in [1.29, 1.82) is 0 Å². The van der Waals surface area contributed by atoms with Crippen LogP contribution in [-0.4, -0.2) is 42.7 Å². The fourth-order valence-corrected chi connectivity index (χ4v) is 3.66. The van der Waals surface area contributed by atoms with Crippen molar-refractivity contribution in [3.05, 3.63) is 51.2 Å². The maximum absolute atomic E-state index is 12.4. The lowest BCUT2D eigenvalue weighted by molar-refractivity contribution is 0.0914. The van der Waals surface area contributed by atoms with Gasteiger partial charge in [0.1, 0.15) is 18.5 Å². The highest BCUT2D eigenvalue weighted by molar-refractivity contribution is 7.99. The van der Waals surface area contributed by atoms with Crippen molar-refractivity contribution < 1.29 is 9.84 Å². The highest BCUT2D eigenvalue weighted by Gasteiger charge is 2.20. The molecule has 0 fully saturated rings. The first kappa shape index (κ1) is 20.2. The van der Waals surface area contributed by atoms with Gasteiger partial charge >= 0.3 is 5.69 Å². The average molecular weight is 404 g/mol. The number of aliphatic hydroxyl groups excluding tert-OH is 1. The number of thioether (sulfide) groups is 1. The minimum atomic E-state index is -0.854. The van der Waals surface area contributed by atoms with Gasteiger partial charge in [-0.3, -0.25) is 14.3 Å². The van der Waals surface area contributed by atoms with Crippen LogP contribution in [-0.2, 0) is 13.6 Å². The summed E-state index contributed by atoms with van der Waals surface area (Å²) < 4.78 is 8.58. The van der Waals surface area contributed by atoms with Gasteiger partial charge in [-0.2, -0.15) is 0 Å². The van der Waals surface area contributed by atoms with Crippen molar-refractivity contribution in [2.75, 3.05) is 12.4 Å². The zero-order valence-electron chi connectivity index (χ0n) is 16.1. The predicted octanol–water partition coefficient (Wildman–Crippen LogP) is 1.61. The van der Waals surface area contributed by atoms with E-state index >= 15 is 0 Å². The number of aliphatic hydroxyl groups is 1. The molecule has 0 saturated heterocycles. The van der Waals surface area contributed by atoms with Crippen LogP contribution in [0.1, 0.15) is 13.8 Å². The Labute approximate surface area is 166 Å². The molecule has 2 N–H and O–H groups in total. The van der Waals surface area contributed by atoms with Crippen molar-refractivity contribution in [3.63, 3.8) is 0 Å². The van der Waals surface area contributed by atoms with E-state index in [2.05, 4.69) is 23.8 Å². The molecular formula is C19H24N4O4S. The topological polar surface area (TPSA) is 102 Å². The smallest absolute Gasteiger partial charge is 0.329 e.